The number of H-pyrrole nitrogens is 1. The second-order valence-corrected chi connectivity index (χ2v) is 2.60. The van der Waals surface area contributed by atoms with E-state index in [0.717, 1.165) is 6.20 Å². The molecule has 6 heteroatoms. The summed E-state index contributed by atoms with van der Waals surface area (Å²) in [4.78, 5) is 20.5. The summed E-state index contributed by atoms with van der Waals surface area (Å²) in [5.41, 5.74) is 1.91. The third kappa shape index (κ3) is 1.45. The van der Waals surface area contributed by atoms with Crippen LogP contribution >= 0.6 is 0 Å². The summed E-state index contributed by atoms with van der Waals surface area (Å²) in [6.07, 6.45) is 6.98. The Labute approximate surface area is 78.5 Å². The van der Waals surface area contributed by atoms with Gasteiger partial charge in [-0.3, -0.25) is 15.1 Å². The summed E-state index contributed by atoms with van der Waals surface area (Å²) in [6, 6.07) is 0. The highest BCUT2D eigenvalue weighted by Crippen LogP contribution is 2.13. The van der Waals surface area contributed by atoms with E-state index >= 15 is 0 Å². The molecular formula is C8H6N4O2. The number of nitrogens with one attached hydrogen (secondary N) is 1. The zero-order valence-electron chi connectivity index (χ0n) is 7.04. The van der Waals surface area contributed by atoms with Gasteiger partial charge in [-0.05, 0) is 0 Å². The second-order valence-electron chi connectivity index (χ2n) is 2.60. The number of nitro groups is 1. The fourth-order valence-electron chi connectivity index (χ4n) is 1.14. The Morgan fingerprint density at radius 3 is 3.00 bits per heavy atom. The molecule has 2 aromatic rings. The van der Waals surface area contributed by atoms with E-state index < -0.39 is 4.92 Å². The topological polar surface area (TPSA) is 84.7 Å². The first-order valence-corrected chi connectivity index (χ1v) is 3.87. The first kappa shape index (κ1) is 8.36. The monoisotopic (exact) mass is 190 g/mol. The van der Waals surface area contributed by atoms with Crippen LogP contribution in [0.2, 0.25) is 0 Å². The van der Waals surface area contributed by atoms with Crippen molar-refractivity contribution in [3.63, 3.8) is 0 Å². The largest absolute Gasteiger partial charge is 0.344 e. The molecule has 6 nitrogen and oxygen atoms in total. The highest BCUT2D eigenvalue weighted by atomic mass is 16.6. The Morgan fingerprint density at radius 1 is 1.43 bits per heavy atom. The summed E-state index contributed by atoms with van der Waals surface area (Å²) in [5, 5.41) is 10.1. The van der Waals surface area contributed by atoms with Crippen LogP contribution in [-0.4, -0.2) is 19.9 Å². The first-order chi connectivity index (χ1) is 6.77. The van der Waals surface area contributed by atoms with Crippen LogP contribution in [0.3, 0.4) is 0 Å². The number of nitrogens with zero attached hydrogens (tertiary/aromatic N) is 3. The number of fused-ring (bicyclic) bond motifs is 1. The van der Waals surface area contributed by atoms with Gasteiger partial charge in [-0.25, -0.2) is 4.98 Å². The van der Waals surface area contributed by atoms with Gasteiger partial charge >= 0.3 is 0 Å². The first-order valence-electron chi connectivity index (χ1n) is 3.87. The zero-order valence-corrected chi connectivity index (χ0v) is 7.04. The minimum atomic E-state index is -0.519. The minimum absolute atomic E-state index is 0.519. The maximum atomic E-state index is 10.1. The van der Waals surface area contributed by atoms with Crippen molar-refractivity contribution < 1.29 is 4.92 Å². The molecule has 0 radical (unpaired) electrons. The molecule has 0 aliphatic carbocycles. The molecule has 0 bridgehead atoms. The van der Waals surface area contributed by atoms with E-state index in [4.69, 9.17) is 0 Å². The van der Waals surface area contributed by atoms with Crippen molar-refractivity contribution in [1.29, 1.82) is 0 Å². The van der Waals surface area contributed by atoms with Gasteiger partial charge in [-0.2, -0.15) is 0 Å². The van der Waals surface area contributed by atoms with Gasteiger partial charge in [0.25, 0.3) is 0 Å². The van der Waals surface area contributed by atoms with E-state index in [2.05, 4.69) is 15.0 Å². The van der Waals surface area contributed by atoms with Crippen molar-refractivity contribution >= 4 is 17.2 Å². The Hall–Kier alpha value is -2.24. The van der Waals surface area contributed by atoms with Crippen molar-refractivity contribution in [2.75, 3.05) is 0 Å². The second kappa shape index (κ2) is 3.25. The van der Waals surface area contributed by atoms with E-state index in [0.29, 0.717) is 16.7 Å². The van der Waals surface area contributed by atoms with Gasteiger partial charge in [0.2, 0.25) is 6.20 Å². The van der Waals surface area contributed by atoms with Gasteiger partial charge in [0.05, 0.1) is 4.92 Å². The lowest BCUT2D eigenvalue weighted by atomic mass is 10.3. The molecule has 0 aromatic carbocycles. The van der Waals surface area contributed by atoms with Crippen molar-refractivity contribution in [1.82, 2.24) is 15.0 Å². The average Bonchev–Trinajstić information content (AvgIpc) is 2.58. The lowest BCUT2D eigenvalue weighted by Gasteiger charge is -1.86. The highest BCUT2D eigenvalue weighted by molar-refractivity contribution is 5.81. The molecular weight excluding hydrogens is 184 g/mol. The van der Waals surface area contributed by atoms with Gasteiger partial charge in [0.1, 0.15) is 5.52 Å². The van der Waals surface area contributed by atoms with E-state index in [1.165, 1.54) is 6.08 Å². The van der Waals surface area contributed by atoms with Gasteiger partial charge < -0.3 is 4.98 Å². The maximum absolute atomic E-state index is 10.1. The van der Waals surface area contributed by atoms with Crippen LogP contribution < -0.4 is 0 Å². The molecule has 2 heterocycles. The Balaban J connectivity index is 2.48. The van der Waals surface area contributed by atoms with Gasteiger partial charge in [0, 0.05) is 30.2 Å². The van der Waals surface area contributed by atoms with Crippen LogP contribution in [0, 0.1) is 10.1 Å². The lowest BCUT2D eigenvalue weighted by Crippen LogP contribution is -1.82. The van der Waals surface area contributed by atoms with Crippen molar-refractivity contribution in [3.05, 3.63) is 40.5 Å². The predicted molar refractivity (Wildman–Crippen MR) is 49.9 cm³/mol. The Kier molecular flexibility index (Phi) is 1.94. The maximum Gasteiger partial charge on any atom is 0.235 e. The average molecular weight is 190 g/mol. The van der Waals surface area contributed by atoms with E-state index in [9.17, 15) is 10.1 Å². The molecule has 2 aromatic heterocycles. The van der Waals surface area contributed by atoms with E-state index in [1.807, 2.05) is 0 Å². The van der Waals surface area contributed by atoms with Crippen LogP contribution in [0.25, 0.3) is 17.2 Å². The fourth-order valence-corrected chi connectivity index (χ4v) is 1.14. The molecule has 0 saturated heterocycles. The fraction of sp³-hybridized carbons (Fsp3) is 0. The van der Waals surface area contributed by atoms with Gasteiger partial charge in [-0.15, -0.1) is 0 Å². The Morgan fingerprint density at radius 2 is 2.21 bits per heavy atom. The predicted octanol–water partition coefficient (Wildman–Crippen LogP) is 1.21. The lowest BCUT2D eigenvalue weighted by molar-refractivity contribution is -0.400. The standard InChI is InChI=1S/C8H6N4O2/c13-12(14)4-1-6-5-11-8-7(6)9-2-3-10-8/h1-5H,(H,10,11). The van der Waals surface area contributed by atoms with Crippen LogP contribution in [0.4, 0.5) is 0 Å². The normalized spacial score (nSPS) is 11.1. The highest BCUT2D eigenvalue weighted by Gasteiger charge is 2.02. The van der Waals surface area contributed by atoms with Gasteiger partial charge in [0.15, 0.2) is 5.65 Å². The summed E-state index contributed by atoms with van der Waals surface area (Å²) < 4.78 is 0. The number of aromatic amines is 1. The number of hydrogen-bond acceptors (Lipinski definition) is 4. The molecule has 2 rings (SSSR count). The molecule has 0 spiro atoms. The van der Waals surface area contributed by atoms with Crippen LogP contribution in [0.5, 0.6) is 0 Å². The van der Waals surface area contributed by atoms with Crippen molar-refractivity contribution in [2.24, 2.45) is 0 Å². The van der Waals surface area contributed by atoms with Crippen LogP contribution in [0.1, 0.15) is 5.56 Å². The smallest absolute Gasteiger partial charge is 0.235 e. The summed E-state index contributed by atoms with van der Waals surface area (Å²) in [5.74, 6) is 0. The summed E-state index contributed by atoms with van der Waals surface area (Å²) in [7, 11) is 0. The minimum Gasteiger partial charge on any atom is -0.344 e. The molecule has 0 unspecified atom stereocenters. The quantitative estimate of drug-likeness (QED) is 0.569. The van der Waals surface area contributed by atoms with Crippen LogP contribution in [-0.2, 0) is 0 Å². The zero-order chi connectivity index (χ0) is 9.97. The molecule has 0 aliphatic heterocycles. The molecule has 70 valence electrons. The number of hydrogen-bond donors (Lipinski definition) is 1. The van der Waals surface area contributed by atoms with Crippen molar-refractivity contribution in [3.8, 4) is 0 Å². The summed E-state index contributed by atoms with van der Waals surface area (Å²) in [6.45, 7) is 0. The number of aromatic nitrogens is 3. The molecule has 0 amide bonds. The van der Waals surface area contributed by atoms with Gasteiger partial charge in [-0.1, -0.05) is 0 Å². The third-order valence-electron chi connectivity index (χ3n) is 1.71. The van der Waals surface area contributed by atoms with Crippen molar-refractivity contribution in [2.45, 2.75) is 0 Å². The molecule has 0 atom stereocenters. The molecule has 0 saturated carbocycles. The molecule has 0 aliphatic rings. The third-order valence-corrected chi connectivity index (χ3v) is 1.71. The SMILES string of the molecule is O=[N+]([O-])C=Cc1c[nH]c2nccnc12. The molecule has 1 N–H and O–H groups in total. The van der Waals surface area contributed by atoms with E-state index in [1.54, 1.807) is 18.6 Å². The number of rotatable bonds is 2. The van der Waals surface area contributed by atoms with Crippen LogP contribution in [0.15, 0.2) is 24.8 Å². The molecule has 14 heavy (non-hydrogen) atoms. The van der Waals surface area contributed by atoms with E-state index in [-0.39, 0.29) is 0 Å². The Bertz CT molecular complexity index is 503. The molecule has 0 fully saturated rings. The summed E-state index contributed by atoms with van der Waals surface area (Å²) >= 11 is 0.